The molecule has 0 aliphatic rings. The van der Waals surface area contributed by atoms with E-state index in [0.29, 0.717) is 17.0 Å². The number of hydrogen-bond acceptors (Lipinski definition) is 5. The van der Waals surface area contributed by atoms with Gasteiger partial charge in [0.15, 0.2) is 0 Å². The Morgan fingerprint density at radius 3 is 2.16 bits per heavy atom. The molecule has 32 heavy (non-hydrogen) atoms. The number of amides is 2. The Bertz CT molecular complexity index is 1190. The van der Waals surface area contributed by atoms with Crippen molar-refractivity contribution in [2.75, 3.05) is 5.32 Å². The van der Waals surface area contributed by atoms with Gasteiger partial charge in [-0.25, -0.2) is 10.2 Å². The number of ether oxygens (including phenoxy) is 1. The number of benzene rings is 3. The number of carbonyl (C=O) groups excluding carboxylic acids is 3. The van der Waals surface area contributed by atoms with Crippen LogP contribution < -0.4 is 15.5 Å². The van der Waals surface area contributed by atoms with E-state index in [9.17, 15) is 14.4 Å². The first-order chi connectivity index (χ1) is 15.3. The molecule has 2 amide bonds. The van der Waals surface area contributed by atoms with Gasteiger partial charge in [0, 0.05) is 11.3 Å². The zero-order valence-electron chi connectivity index (χ0n) is 17.4. The van der Waals surface area contributed by atoms with Gasteiger partial charge in [-0.05, 0) is 50.2 Å². The summed E-state index contributed by atoms with van der Waals surface area (Å²) in [4.78, 5) is 36.7. The van der Waals surface area contributed by atoms with Gasteiger partial charge >= 0.3 is 17.8 Å². The molecule has 0 heterocycles. The average Bonchev–Trinajstić information content (AvgIpc) is 2.79. The number of anilines is 1. The molecule has 0 radical (unpaired) electrons. The number of aryl methyl sites for hydroxylation is 1. The van der Waals surface area contributed by atoms with Crippen molar-refractivity contribution in [3.05, 3.63) is 94.5 Å². The Morgan fingerprint density at radius 1 is 0.844 bits per heavy atom. The molecule has 0 aliphatic carbocycles. The van der Waals surface area contributed by atoms with Crippen LogP contribution in [0.3, 0.4) is 0 Å². The fourth-order valence-corrected chi connectivity index (χ4v) is 2.92. The minimum absolute atomic E-state index is 0.222. The maximum atomic E-state index is 12.5. The number of nitrogens with zero attached hydrogens (tertiary/aromatic N) is 1. The van der Waals surface area contributed by atoms with Crippen LogP contribution in [0.25, 0.3) is 0 Å². The molecule has 8 heteroatoms. The van der Waals surface area contributed by atoms with Crippen LogP contribution in [0.1, 0.15) is 28.4 Å². The molecule has 3 aromatic rings. The smallest absolute Gasteiger partial charge is 0.345 e. The van der Waals surface area contributed by atoms with Crippen molar-refractivity contribution in [1.29, 1.82) is 0 Å². The quantitative estimate of drug-likeness (QED) is 0.199. The number of hydrazone groups is 1. The summed E-state index contributed by atoms with van der Waals surface area (Å²) in [5, 5.41) is 6.73. The molecule has 7 nitrogen and oxygen atoms in total. The van der Waals surface area contributed by atoms with E-state index in [4.69, 9.17) is 16.3 Å². The van der Waals surface area contributed by atoms with Gasteiger partial charge in [-0.15, -0.1) is 0 Å². The standard InChI is InChI=1S/C24H20ClN3O4/c1-15-11-13-17(14-12-15)26-22(29)23(30)28-27-16(2)18-7-4-6-10-21(18)32-24(31)19-8-3-5-9-20(19)25/h3-14H,1-2H3,(H,26,29)(H,28,30). The summed E-state index contributed by atoms with van der Waals surface area (Å²) >= 11 is 6.06. The van der Waals surface area contributed by atoms with Crippen molar-refractivity contribution in [2.45, 2.75) is 13.8 Å². The fourth-order valence-electron chi connectivity index (χ4n) is 2.71. The first kappa shape index (κ1) is 22.7. The topological polar surface area (TPSA) is 96.9 Å². The van der Waals surface area contributed by atoms with E-state index in [1.54, 1.807) is 67.6 Å². The molecule has 162 valence electrons. The highest BCUT2D eigenvalue weighted by Crippen LogP contribution is 2.22. The second-order valence-corrected chi connectivity index (χ2v) is 7.23. The molecular formula is C24H20ClN3O4. The lowest BCUT2D eigenvalue weighted by Crippen LogP contribution is -2.33. The maximum absolute atomic E-state index is 12.5. The van der Waals surface area contributed by atoms with Crippen LogP contribution in [0.2, 0.25) is 5.02 Å². The Hall–Kier alpha value is -3.97. The summed E-state index contributed by atoms with van der Waals surface area (Å²) in [5.41, 5.74) is 4.76. The van der Waals surface area contributed by atoms with Gasteiger partial charge in [0.25, 0.3) is 0 Å². The minimum atomic E-state index is -0.935. The molecule has 0 fully saturated rings. The van der Waals surface area contributed by atoms with Crippen LogP contribution in [-0.2, 0) is 9.59 Å². The SMILES string of the molecule is CC(=NNC(=O)C(=O)Nc1ccc(C)cc1)c1ccccc1OC(=O)c1ccccc1Cl. The van der Waals surface area contributed by atoms with Crippen LogP contribution in [-0.4, -0.2) is 23.5 Å². The largest absolute Gasteiger partial charge is 0.422 e. The molecule has 0 saturated heterocycles. The Morgan fingerprint density at radius 2 is 1.47 bits per heavy atom. The molecule has 0 atom stereocenters. The van der Waals surface area contributed by atoms with E-state index >= 15 is 0 Å². The number of para-hydroxylation sites is 1. The van der Waals surface area contributed by atoms with Gasteiger partial charge in [-0.3, -0.25) is 9.59 Å². The number of hydrogen-bond donors (Lipinski definition) is 2. The first-order valence-electron chi connectivity index (χ1n) is 9.63. The van der Waals surface area contributed by atoms with Crippen molar-refractivity contribution in [3.8, 4) is 5.75 Å². The van der Waals surface area contributed by atoms with E-state index in [1.165, 1.54) is 0 Å². The number of rotatable bonds is 5. The predicted molar refractivity (Wildman–Crippen MR) is 123 cm³/mol. The zero-order valence-corrected chi connectivity index (χ0v) is 18.1. The summed E-state index contributed by atoms with van der Waals surface area (Å²) < 4.78 is 5.48. The van der Waals surface area contributed by atoms with Crippen LogP contribution in [0.4, 0.5) is 5.69 Å². The van der Waals surface area contributed by atoms with Gasteiger partial charge in [0.1, 0.15) is 5.75 Å². The molecule has 0 aromatic heterocycles. The van der Waals surface area contributed by atoms with Gasteiger partial charge in [0.05, 0.1) is 16.3 Å². The van der Waals surface area contributed by atoms with Crippen molar-refractivity contribution in [3.63, 3.8) is 0 Å². The molecule has 0 unspecified atom stereocenters. The average molecular weight is 450 g/mol. The maximum Gasteiger partial charge on any atom is 0.345 e. The third-order valence-corrected chi connectivity index (χ3v) is 4.74. The second kappa shape index (κ2) is 10.4. The minimum Gasteiger partial charge on any atom is -0.422 e. The highest BCUT2D eigenvalue weighted by molar-refractivity contribution is 6.39. The number of halogens is 1. The van der Waals surface area contributed by atoms with Gasteiger partial charge in [0.2, 0.25) is 0 Å². The molecule has 2 N–H and O–H groups in total. The van der Waals surface area contributed by atoms with Crippen LogP contribution in [0.15, 0.2) is 77.9 Å². The molecular weight excluding hydrogens is 430 g/mol. The summed E-state index contributed by atoms with van der Waals surface area (Å²) in [5.74, 6) is -2.19. The van der Waals surface area contributed by atoms with Crippen molar-refractivity contribution >= 4 is 40.8 Å². The van der Waals surface area contributed by atoms with Crippen molar-refractivity contribution in [1.82, 2.24) is 5.43 Å². The second-order valence-electron chi connectivity index (χ2n) is 6.82. The van der Waals surface area contributed by atoms with E-state index < -0.39 is 17.8 Å². The number of nitrogens with one attached hydrogen (secondary N) is 2. The van der Waals surface area contributed by atoms with Crippen LogP contribution in [0, 0.1) is 6.92 Å². The molecule has 0 saturated carbocycles. The van der Waals surface area contributed by atoms with Crippen LogP contribution >= 0.6 is 11.6 Å². The third-order valence-electron chi connectivity index (χ3n) is 4.41. The predicted octanol–water partition coefficient (Wildman–Crippen LogP) is 4.35. The van der Waals surface area contributed by atoms with Gasteiger partial charge in [-0.1, -0.05) is 53.6 Å². The van der Waals surface area contributed by atoms with Crippen LogP contribution in [0.5, 0.6) is 5.75 Å². The highest BCUT2D eigenvalue weighted by atomic mass is 35.5. The van der Waals surface area contributed by atoms with Gasteiger partial charge < -0.3 is 10.1 Å². The summed E-state index contributed by atoms with van der Waals surface area (Å²) in [6.45, 7) is 3.53. The normalized spacial score (nSPS) is 10.9. The molecule has 0 aliphatic heterocycles. The fraction of sp³-hybridized carbons (Fsp3) is 0.0833. The van der Waals surface area contributed by atoms with E-state index in [2.05, 4.69) is 15.8 Å². The Kier molecular flexibility index (Phi) is 7.36. The lowest BCUT2D eigenvalue weighted by molar-refractivity contribution is -0.136. The van der Waals surface area contributed by atoms with Crippen molar-refractivity contribution in [2.24, 2.45) is 5.10 Å². The first-order valence-corrected chi connectivity index (χ1v) is 10.0. The molecule has 0 spiro atoms. The summed E-state index contributed by atoms with van der Waals surface area (Å²) in [6.07, 6.45) is 0. The lowest BCUT2D eigenvalue weighted by Gasteiger charge is -2.11. The lowest BCUT2D eigenvalue weighted by atomic mass is 10.1. The number of carbonyl (C=O) groups is 3. The summed E-state index contributed by atoms with van der Waals surface area (Å²) in [7, 11) is 0. The Balaban J connectivity index is 1.69. The van der Waals surface area contributed by atoms with Crippen molar-refractivity contribution < 1.29 is 19.1 Å². The molecule has 0 bridgehead atoms. The third kappa shape index (κ3) is 5.80. The molecule has 3 aromatic carbocycles. The van der Waals surface area contributed by atoms with Gasteiger partial charge in [-0.2, -0.15) is 5.10 Å². The van der Waals surface area contributed by atoms with E-state index in [1.807, 2.05) is 19.1 Å². The summed E-state index contributed by atoms with van der Waals surface area (Å²) in [6, 6.07) is 20.2. The van der Waals surface area contributed by atoms with E-state index in [-0.39, 0.29) is 16.3 Å². The molecule has 3 rings (SSSR count). The number of esters is 1. The van der Waals surface area contributed by atoms with E-state index in [0.717, 1.165) is 5.56 Å². The highest BCUT2D eigenvalue weighted by Gasteiger charge is 2.17. The monoisotopic (exact) mass is 449 g/mol. The Labute approximate surface area is 190 Å². The zero-order chi connectivity index (χ0) is 23.1.